The summed E-state index contributed by atoms with van der Waals surface area (Å²) < 4.78 is 0. The van der Waals surface area contributed by atoms with Crippen molar-refractivity contribution in [1.29, 1.82) is 0 Å². The number of unbranched alkanes of at least 4 members (excludes halogenated alkanes) is 2. The van der Waals surface area contributed by atoms with Crippen LogP contribution >= 0.6 is 21.6 Å². The summed E-state index contributed by atoms with van der Waals surface area (Å²) >= 11 is 0. The van der Waals surface area contributed by atoms with Gasteiger partial charge in [0.25, 0.3) is 0 Å². The highest BCUT2D eigenvalue weighted by Crippen LogP contribution is 2.39. The van der Waals surface area contributed by atoms with E-state index in [0.717, 1.165) is 18.1 Å². The van der Waals surface area contributed by atoms with E-state index in [1.807, 2.05) is 21.6 Å². The van der Waals surface area contributed by atoms with Crippen molar-refractivity contribution in [3.05, 3.63) is 24.3 Å². The van der Waals surface area contributed by atoms with Crippen LogP contribution < -0.4 is 10.6 Å². The van der Waals surface area contributed by atoms with E-state index in [2.05, 4.69) is 10.6 Å². The maximum atomic E-state index is 11.3. The Bertz CT molecular complexity index is 510. The summed E-state index contributed by atoms with van der Waals surface area (Å²) in [5, 5.41) is 25.9. The maximum absolute atomic E-state index is 11.3. The second kappa shape index (κ2) is 10.7. The smallest absolute Gasteiger partial charge is 0.322 e. The Labute approximate surface area is 151 Å². The van der Waals surface area contributed by atoms with Crippen LogP contribution in [-0.2, 0) is 4.79 Å². The molecule has 2 unspecified atom stereocenters. The van der Waals surface area contributed by atoms with E-state index in [9.17, 15) is 15.0 Å². The van der Waals surface area contributed by atoms with E-state index >= 15 is 0 Å². The minimum atomic E-state index is -0.877. The molecule has 0 saturated carbocycles. The SMILES string of the molecule is O=C(O)C(CNc1ccccc1O)NCCCCCC1CCSS1. The number of hydrogen-bond acceptors (Lipinski definition) is 6. The molecule has 0 spiro atoms. The molecule has 0 amide bonds. The van der Waals surface area contributed by atoms with Gasteiger partial charge in [-0.25, -0.2) is 0 Å². The summed E-state index contributed by atoms with van der Waals surface area (Å²) in [6.45, 7) is 0.939. The molecule has 0 bridgehead atoms. The number of nitrogens with one attached hydrogen (secondary N) is 2. The van der Waals surface area contributed by atoms with Crippen LogP contribution in [-0.4, -0.2) is 46.3 Å². The van der Waals surface area contributed by atoms with E-state index < -0.39 is 12.0 Å². The van der Waals surface area contributed by atoms with Gasteiger partial charge in [0.1, 0.15) is 11.8 Å². The second-order valence-electron chi connectivity index (χ2n) is 5.92. The number of phenols is 1. The third-order valence-corrected chi connectivity index (χ3v) is 7.03. The summed E-state index contributed by atoms with van der Waals surface area (Å²) in [4.78, 5) is 11.3. The summed E-state index contributed by atoms with van der Waals surface area (Å²) in [6.07, 6.45) is 5.94. The molecule has 1 saturated heterocycles. The van der Waals surface area contributed by atoms with Crippen LogP contribution in [0.4, 0.5) is 5.69 Å². The first-order chi connectivity index (χ1) is 11.7. The molecule has 2 atom stereocenters. The van der Waals surface area contributed by atoms with E-state index in [1.54, 1.807) is 24.3 Å². The van der Waals surface area contributed by atoms with Gasteiger partial charge in [-0.1, -0.05) is 46.6 Å². The highest BCUT2D eigenvalue weighted by molar-refractivity contribution is 8.77. The number of benzene rings is 1. The van der Waals surface area contributed by atoms with Crippen molar-refractivity contribution in [3.63, 3.8) is 0 Å². The zero-order chi connectivity index (χ0) is 17.2. The van der Waals surface area contributed by atoms with Crippen molar-refractivity contribution >= 4 is 33.2 Å². The molecule has 0 radical (unpaired) electrons. The Hall–Kier alpha value is -1.05. The molecule has 2 rings (SSSR count). The molecular weight excluding hydrogens is 344 g/mol. The first-order valence-corrected chi connectivity index (χ1v) is 10.8. The Balaban J connectivity index is 1.60. The fourth-order valence-corrected chi connectivity index (χ4v) is 5.62. The molecular formula is C17H26N2O3S2. The minimum absolute atomic E-state index is 0.129. The Morgan fingerprint density at radius 3 is 2.83 bits per heavy atom. The third kappa shape index (κ3) is 6.83. The van der Waals surface area contributed by atoms with Crippen LogP contribution in [0.1, 0.15) is 32.1 Å². The van der Waals surface area contributed by atoms with E-state index in [-0.39, 0.29) is 12.3 Å². The quantitative estimate of drug-likeness (QED) is 0.269. The summed E-state index contributed by atoms with van der Waals surface area (Å²) in [6, 6.07) is 6.18. The molecule has 0 aromatic heterocycles. The zero-order valence-corrected chi connectivity index (χ0v) is 15.4. The van der Waals surface area contributed by atoms with Crippen molar-refractivity contribution in [2.24, 2.45) is 0 Å². The van der Waals surface area contributed by atoms with Gasteiger partial charge in [-0.3, -0.25) is 4.79 Å². The van der Waals surface area contributed by atoms with Gasteiger partial charge >= 0.3 is 5.97 Å². The monoisotopic (exact) mass is 370 g/mol. The molecule has 7 heteroatoms. The predicted molar refractivity (Wildman–Crippen MR) is 103 cm³/mol. The van der Waals surface area contributed by atoms with Crippen molar-refractivity contribution < 1.29 is 15.0 Å². The zero-order valence-electron chi connectivity index (χ0n) is 13.7. The number of rotatable bonds is 11. The van der Waals surface area contributed by atoms with Crippen molar-refractivity contribution in [2.75, 3.05) is 24.2 Å². The van der Waals surface area contributed by atoms with E-state index in [0.29, 0.717) is 12.2 Å². The molecule has 24 heavy (non-hydrogen) atoms. The van der Waals surface area contributed by atoms with Crippen LogP contribution in [0, 0.1) is 0 Å². The van der Waals surface area contributed by atoms with Crippen LogP contribution in [0.25, 0.3) is 0 Å². The largest absolute Gasteiger partial charge is 0.506 e. The Morgan fingerprint density at radius 1 is 1.29 bits per heavy atom. The second-order valence-corrected chi connectivity index (χ2v) is 8.71. The van der Waals surface area contributed by atoms with E-state index in [4.69, 9.17) is 0 Å². The number of carbonyl (C=O) groups is 1. The lowest BCUT2D eigenvalue weighted by Gasteiger charge is -2.16. The number of carboxylic acids is 1. The third-order valence-electron chi connectivity index (χ3n) is 4.02. The molecule has 134 valence electrons. The van der Waals surface area contributed by atoms with Gasteiger partial charge in [-0.2, -0.15) is 0 Å². The number of carboxylic acid groups (broad SMARTS) is 1. The summed E-state index contributed by atoms with van der Waals surface area (Å²) in [5.74, 6) is 0.531. The van der Waals surface area contributed by atoms with Gasteiger partial charge < -0.3 is 20.8 Å². The van der Waals surface area contributed by atoms with Crippen LogP contribution in [0.15, 0.2) is 24.3 Å². The normalized spacial score (nSPS) is 18.4. The van der Waals surface area contributed by atoms with Gasteiger partial charge in [-0.05, 0) is 37.9 Å². The summed E-state index contributed by atoms with van der Waals surface area (Å²) in [7, 11) is 3.99. The van der Waals surface area contributed by atoms with Crippen molar-refractivity contribution in [1.82, 2.24) is 5.32 Å². The Morgan fingerprint density at radius 2 is 2.12 bits per heavy atom. The van der Waals surface area contributed by atoms with E-state index in [1.165, 1.54) is 25.0 Å². The lowest BCUT2D eigenvalue weighted by Crippen LogP contribution is -2.42. The molecule has 1 aromatic rings. The molecule has 4 N–H and O–H groups in total. The Kier molecular flexibility index (Phi) is 8.63. The lowest BCUT2D eigenvalue weighted by molar-refractivity contribution is -0.139. The number of anilines is 1. The average Bonchev–Trinajstić information content (AvgIpc) is 3.08. The first-order valence-electron chi connectivity index (χ1n) is 8.43. The number of para-hydroxylation sites is 2. The van der Waals surface area contributed by atoms with Crippen molar-refractivity contribution in [2.45, 2.75) is 43.4 Å². The minimum Gasteiger partial charge on any atom is -0.506 e. The van der Waals surface area contributed by atoms with Gasteiger partial charge in [0.15, 0.2) is 0 Å². The molecule has 5 nitrogen and oxygen atoms in total. The first kappa shape index (κ1) is 19.3. The fraction of sp³-hybridized carbons (Fsp3) is 0.588. The highest BCUT2D eigenvalue weighted by Gasteiger charge is 2.17. The van der Waals surface area contributed by atoms with Gasteiger partial charge in [-0.15, -0.1) is 0 Å². The maximum Gasteiger partial charge on any atom is 0.322 e. The molecule has 1 aromatic carbocycles. The van der Waals surface area contributed by atoms with Gasteiger partial charge in [0.2, 0.25) is 0 Å². The van der Waals surface area contributed by atoms with Crippen LogP contribution in [0.5, 0.6) is 5.75 Å². The molecule has 1 heterocycles. The molecule has 1 fully saturated rings. The standard InChI is InChI=1S/C17H26N2O3S2/c20-16-8-4-3-7-14(16)19-12-15(17(21)22)18-10-5-1-2-6-13-9-11-23-24-13/h3-4,7-8,13,15,18-20H,1-2,5-6,9-12H2,(H,21,22). The van der Waals surface area contributed by atoms with Crippen LogP contribution in [0.3, 0.4) is 0 Å². The summed E-state index contributed by atoms with van der Waals surface area (Å²) in [5.41, 5.74) is 0.553. The number of hydrogen-bond donors (Lipinski definition) is 4. The number of aromatic hydroxyl groups is 1. The number of aliphatic carboxylic acids is 1. The van der Waals surface area contributed by atoms with Gasteiger partial charge in [0, 0.05) is 17.5 Å². The fourth-order valence-electron chi connectivity index (χ4n) is 2.60. The molecule has 0 aliphatic carbocycles. The topological polar surface area (TPSA) is 81.6 Å². The molecule has 1 aliphatic heterocycles. The predicted octanol–water partition coefficient (Wildman–Crippen LogP) is 3.56. The van der Waals surface area contributed by atoms with Gasteiger partial charge in [0.05, 0.1) is 5.69 Å². The average molecular weight is 371 g/mol. The van der Waals surface area contributed by atoms with Crippen molar-refractivity contribution in [3.8, 4) is 5.75 Å². The lowest BCUT2D eigenvalue weighted by atomic mass is 10.1. The molecule has 1 aliphatic rings. The van der Waals surface area contributed by atoms with Crippen LogP contribution in [0.2, 0.25) is 0 Å². The number of phenolic OH excluding ortho intramolecular Hbond substituents is 1. The highest BCUT2D eigenvalue weighted by atomic mass is 33.1.